The van der Waals surface area contributed by atoms with Crippen molar-refractivity contribution in [2.75, 3.05) is 6.61 Å². The predicted octanol–water partition coefficient (Wildman–Crippen LogP) is 8.85. The van der Waals surface area contributed by atoms with Gasteiger partial charge in [-0.05, 0) is 125 Å². The number of fused-ring (bicyclic) bond motifs is 1. The third kappa shape index (κ3) is 5.86. The molecule has 0 spiro atoms. The molecule has 1 aromatic carbocycles. The third-order valence-corrected chi connectivity index (χ3v) is 8.96. The molecular formula is C30H43FO. The lowest BCUT2D eigenvalue weighted by atomic mass is 9.60. The summed E-state index contributed by atoms with van der Waals surface area (Å²) in [6.45, 7) is 6.21. The molecule has 0 aromatic heterocycles. The van der Waals surface area contributed by atoms with Crippen LogP contribution in [-0.4, -0.2) is 6.61 Å². The minimum absolute atomic E-state index is 0.0956. The van der Waals surface area contributed by atoms with Gasteiger partial charge in [0.15, 0.2) is 0 Å². The number of hydrogen-bond donors (Lipinski definition) is 0. The Balaban J connectivity index is 1.25. The molecule has 3 fully saturated rings. The Morgan fingerprint density at radius 1 is 0.938 bits per heavy atom. The molecule has 32 heavy (non-hydrogen) atoms. The summed E-state index contributed by atoms with van der Waals surface area (Å²) in [7, 11) is 0. The Bertz CT molecular complexity index is 760. The van der Waals surface area contributed by atoms with Gasteiger partial charge in [-0.1, -0.05) is 37.3 Å². The summed E-state index contributed by atoms with van der Waals surface area (Å²) in [5.41, 5.74) is 0.898. The van der Waals surface area contributed by atoms with E-state index in [1.807, 2.05) is 12.1 Å². The van der Waals surface area contributed by atoms with E-state index in [-0.39, 0.29) is 5.82 Å². The highest BCUT2D eigenvalue weighted by Gasteiger charge is 2.38. The zero-order valence-corrected chi connectivity index (χ0v) is 20.1. The molecule has 4 atom stereocenters. The first-order chi connectivity index (χ1) is 15.7. The number of ether oxygens (including phenoxy) is 1. The fourth-order valence-electron chi connectivity index (χ4n) is 7.20. The van der Waals surface area contributed by atoms with Crippen molar-refractivity contribution in [1.82, 2.24) is 0 Å². The molecule has 0 aliphatic heterocycles. The van der Waals surface area contributed by atoms with E-state index in [2.05, 4.69) is 25.7 Å². The van der Waals surface area contributed by atoms with Crippen LogP contribution in [0.4, 0.5) is 4.39 Å². The molecule has 1 nitrogen and oxygen atoms in total. The summed E-state index contributed by atoms with van der Waals surface area (Å²) >= 11 is 0. The van der Waals surface area contributed by atoms with E-state index in [1.54, 1.807) is 12.1 Å². The van der Waals surface area contributed by atoms with Crippen LogP contribution in [0.2, 0.25) is 0 Å². The van der Waals surface area contributed by atoms with Crippen molar-refractivity contribution in [1.29, 1.82) is 0 Å². The summed E-state index contributed by atoms with van der Waals surface area (Å²) in [6, 6.07) is 5.43. The van der Waals surface area contributed by atoms with Gasteiger partial charge in [-0.25, -0.2) is 4.39 Å². The van der Waals surface area contributed by atoms with Gasteiger partial charge in [0.25, 0.3) is 0 Å². The quantitative estimate of drug-likeness (QED) is 0.368. The lowest BCUT2D eigenvalue weighted by molar-refractivity contribution is 0.0620. The van der Waals surface area contributed by atoms with Crippen molar-refractivity contribution in [3.8, 4) is 5.75 Å². The standard InChI is InChI=1S/C30H43FO/c1-3-5-6-7-22-8-9-27-20-26(15-14-25(27)19-22)23-10-12-24(13-11-23)29-17-16-28(21-30(29)31)32-18-4-2/h3-5,16-17,21-27H,2,6-15,18-20H2,1H3/b5-3+. The van der Waals surface area contributed by atoms with Crippen molar-refractivity contribution in [2.24, 2.45) is 29.6 Å². The van der Waals surface area contributed by atoms with Crippen LogP contribution in [0.1, 0.15) is 95.5 Å². The first kappa shape index (κ1) is 23.6. The minimum Gasteiger partial charge on any atom is -0.489 e. The normalized spacial score (nSPS) is 33.1. The molecule has 0 radical (unpaired) electrons. The van der Waals surface area contributed by atoms with Gasteiger partial charge in [-0.3, -0.25) is 0 Å². The lowest BCUT2D eigenvalue weighted by Gasteiger charge is -2.45. The maximum absolute atomic E-state index is 14.7. The van der Waals surface area contributed by atoms with E-state index in [9.17, 15) is 4.39 Å². The largest absolute Gasteiger partial charge is 0.489 e. The van der Waals surface area contributed by atoms with E-state index in [4.69, 9.17) is 4.74 Å². The Morgan fingerprint density at radius 3 is 2.34 bits per heavy atom. The number of rotatable bonds is 8. The maximum Gasteiger partial charge on any atom is 0.130 e. The van der Waals surface area contributed by atoms with Gasteiger partial charge < -0.3 is 4.74 Å². The molecule has 0 bridgehead atoms. The van der Waals surface area contributed by atoms with Crippen LogP contribution in [-0.2, 0) is 0 Å². The monoisotopic (exact) mass is 438 g/mol. The van der Waals surface area contributed by atoms with Crippen LogP contribution in [0.3, 0.4) is 0 Å². The van der Waals surface area contributed by atoms with Gasteiger partial charge in [-0.15, -0.1) is 0 Å². The van der Waals surface area contributed by atoms with E-state index in [0.29, 0.717) is 18.3 Å². The average Bonchev–Trinajstić information content (AvgIpc) is 2.83. The summed E-state index contributed by atoms with van der Waals surface area (Å²) in [5, 5.41) is 0. The molecule has 3 saturated carbocycles. The Morgan fingerprint density at radius 2 is 1.62 bits per heavy atom. The number of allylic oxidation sites excluding steroid dienone is 2. The van der Waals surface area contributed by atoms with Gasteiger partial charge in [0, 0.05) is 6.07 Å². The summed E-state index contributed by atoms with van der Waals surface area (Å²) in [5.74, 6) is 5.66. The molecule has 0 amide bonds. The van der Waals surface area contributed by atoms with Gasteiger partial charge in [0.2, 0.25) is 0 Å². The molecule has 0 saturated heterocycles. The van der Waals surface area contributed by atoms with E-state index in [1.165, 1.54) is 64.2 Å². The molecule has 176 valence electrons. The highest BCUT2D eigenvalue weighted by molar-refractivity contribution is 5.31. The number of benzene rings is 1. The average molecular weight is 439 g/mol. The van der Waals surface area contributed by atoms with Gasteiger partial charge in [0.05, 0.1) is 0 Å². The molecule has 2 heteroatoms. The Hall–Kier alpha value is -1.57. The van der Waals surface area contributed by atoms with E-state index < -0.39 is 0 Å². The molecule has 0 heterocycles. The zero-order chi connectivity index (χ0) is 22.3. The van der Waals surface area contributed by atoms with Gasteiger partial charge >= 0.3 is 0 Å². The van der Waals surface area contributed by atoms with Crippen molar-refractivity contribution in [2.45, 2.75) is 89.9 Å². The smallest absolute Gasteiger partial charge is 0.130 e. The summed E-state index contributed by atoms with van der Waals surface area (Å²) < 4.78 is 20.2. The van der Waals surface area contributed by atoms with Crippen LogP contribution < -0.4 is 4.74 Å². The second kappa shape index (κ2) is 11.5. The van der Waals surface area contributed by atoms with Crippen LogP contribution >= 0.6 is 0 Å². The molecule has 4 unspecified atom stereocenters. The Kier molecular flexibility index (Phi) is 8.49. The van der Waals surface area contributed by atoms with E-state index >= 15 is 0 Å². The van der Waals surface area contributed by atoms with Crippen LogP contribution in [0.25, 0.3) is 0 Å². The molecule has 3 aliphatic rings. The molecular weight excluding hydrogens is 395 g/mol. The maximum atomic E-state index is 14.7. The topological polar surface area (TPSA) is 9.23 Å². The second-order valence-electron chi connectivity index (χ2n) is 10.8. The van der Waals surface area contributed by atoms with Crippen LogP contribution in [0, 0.1) is 35.4 Å². The minimum atomic E-state index is -0.0956. The molecule has 1 aromatic rings. The highest BCUT2D eigenvalue weighted by Crippen LogP contribution is 2.50. The van der Waals surface area contributed by atoms with Gasteiger partial charge in [-0.2, -0.15) is 0 Å². The lowest BCUT2D eigenvalue weighted by Crippen LogP contribution is -2.34. The van der Waals surface area contributed by atoms with Crippen molar-refractivity contribution in [3.63, 3.8) is 0 Å². The van der Waals surface area contributed by atoms with Crippen molar-refractivity contribution in [3.05, 3.63) is 54.4 Å². The first-order valence-corrected chi connectivity index (χ1v) is 13.3. The fourth-order valence-corrected chi connectivity index (χ4v) is 7.20. The molecule has 4 rings (SSSR count). The van der Waals surface area contributed by atoms with Crippen molar-refractivity contribution < 1.29 is 9.13 Å². The first-order valence-electron chi connectivity index (χ1n) is 13.3. The fraction of sp³-hybridized carbons (Fsp3) is 0.667. The van der Waals surface area contributed by atoms with Crippen molar-refractivity contribution >= 4 is 0 Å². The SMILES string of the molecule is C=CCOc1ccc(C2CCC(C3CCC4CC(CC/C=C/C)CCC4C3)CC2)c(F)c1. The molecule has 0 N–H and O–H groups in total. The summed E-state index contributed by atoms with van der Waals surface area (Å²) in [4.78, 5) is 0. The van der Waals surface area contributed by atoms with Gasteiger partial charge in [0.1, 0.15) is 18.2 Å². The van der Waals surface area contributed by atoms with Crippen LogP contribution in [0.5, 0.6) is 5.75 Å². The van der Waals surface area contributed by atoms with Crippen LogP contribution in [0.15, 0.2) is 43.0 Å². The highest BCUT2D eigenvalue weighted by atomic mass is 19.1. The predicted molar refractivity (Wildman–Crippen MR) is 133 cm³/mol. The Labute approximate surface area is 195 Å². The summed E-state index contributed by atoms with van der Waals surface area (Å²) in [6.07, 6.45) is 22.6. The number of halogens is 1. The van der Waals surface area contributed by atoms with E-state index in [0.717, 1.165) is 48.0 Å². The number of hydrogen-bond acceptors (Lipinski definition) is 1. The second-order valence-corrected chi connectivity index (χ2v) is 10.8. The third-order valence-electron chi connectivity index (χ3n) is 8.96. The zero-order valence-electron chi connectivity index (χ0n) is 20.1. The molecule has 3 aliphatic carbocycles.